The summed E-state index contributed by atoms with van der Waals surface area (Å²) < 4.78 is 11.7. The molecule has 0 bridgehead atoms. The summed E-state index contributed by atoms with van der Waals surface area (Å²) >= 11 is 0. The lowest BCUT2D eigenvalue weighted by atomic mass is 9.78. The molecule has 0 aliphatic carbocycles. The fourth-order valence-electron chi connectivity index (χ4n) is 5.44. The molecule has 1 unspecified atom stereocenters. The SMILES string of the molecule is CC(C)N1CC=CC23O[C@@H]4C=CCOC(=O)[C@@H]4[C@H]2C(=O)N(CCCCCCO)[C@@H]3C1=O. The number of esters is 1. The van der Waals surface area contributed by atoms with Crippen LogP contribution in [0, 0.1) is 11.8 Å². The van der Waals surface area contributed by atoms with Crippen LogP contribution in [0.15, 0.2) is 24.3 Å². The molecular weight excluding hydrogens is 400 g/mol. The third kappa shape index (κ3) is 3.59. The van der Waals surface area contributed by atoms with Gasteiger partial charge in [-0.1, -0.05) is 31.1 Å². The highest BCUT2D eigenvalue weighted by molar-refractivity contribution is 5.99. The van der Waals surface area contributed by atoms with Gasteiger partial charge in [0.05, 0.1) is 12.0 Å². The van der Waals surface area contributed by atoms with Gasteiger partial charge in [0, 0.05) is 25.7 Å². The molecule has 4 aliphatic heterocycles. The number of hydrogen-bond donors (Lipinski definition) is 1. The quantitative estimate of drug-likeness (QED) is 0.367. The first-order valence-electron chi connectivity index (χ1n) is 11.3. The van der Waals surface area contributed by atoms with Crippen LogP contribution in [0.1, 0.15) is 39.5 Å². The summed E-state index contributed by atoms with van der Waals surface area (Å²) in [5.41, 5.74) is -1.17. The summed E-state index contributed by atoms with van der Waals surface area (Å²) in [6, 6.07) is -0.818. The van der Waals surface area contributed by atoms with E-state index in [1.807, 2.05) is 26.0 Å². The number of amides is 2. The summed E-state index contributed by atoms with van der Waals surface area (Å²) in [6.07, 6.45) is 9.84. The zero-order valence-electron chi connectivity index (χ0n) is 18.2. The number of ether oxygens (including phenoxy) is 2. The van der Waals surface area contributed by atoms with Crippen LogP contribution in [0.5, 0.6) is 0 Å². The van der Waals surface area contributed by atoms with Crippen molar-refractivity contribution in [1.29, 1.82) is 0 Å². The number of cyclic esters (lactones) is 1. The first-order valence-corrected chi connectivity index (χ1v) is 11.3. The van der Waals surface area contributed by atoms with Crippen molar-refractivity contribution < 1.29 is 29.0 Å². The molecule has 2 amide bonds. The maximum Gasteiger partial charge on any atom is 0.313 e. The van der Waals surface area contributed by atoms with Gasteiger partial charge in [-0.2, -0.15) is 0 Å². The Morgan fingerprint density at radius 1 is 1.13 bits per heavy atom. The van der Waals surface area contributed by atoms with Crippen molar-refractivity contribution in [1.82, 2.24) is 9.80 Å². The predicted molar refractivity (Wildman–Crippen MR) is 112 cm³/mol. The molecule has 2 saturated heterocycles. The number of rotatable bonds is 7. The van der Waals surface area contributed by atoms with E-state index in [0.29, 0.717) is 13.1 Å². The molecule has 31 heavy (non-hydrogen) atoms. The molecule has 2 fully saturated rings. The maximum atomic E-state index is 13.7. The van der Waals surface area contributed by atoms with Gasteiger partial charge in [0.15, 0.2) is 0 Å². The van der Waals surface area contributed by atoms with Gasteiger partial charge in [-0.25, -0.2) is 0 Å². The summed E-state index contributed by atoms with van der Waals surface area (Å²) in [7, 11) is 0. The number of hydrogen-bond acceptors (Lipinski definition) is 6. The van der Waals surface area contributed by atoms with E-state index in [1.54, 1.807) is 22.0 Å². The lowest BCUT2D eigenvalue weighted by molar-refractivity contribution is -0.153. The van der Waals surface area contributed by atoms with E-state index >= 15 is 0 Å². The van der Waals surface area contributed by atoms with Gasteiger partial charge in [0.1, 0.15) is 24.2 Å². The average Bonchev–Trinajstić information content (AvgIpc) is 3.02. The van der Waals surface area contributed by atoms with Crippen molar-refractivity contribution in [3.8, 4) is 0 Å². The molecule has 8 nitrogen and oxygen atoms in total. The molecule has 170 valence electrons. The second kappa shape index (κ2) is 8.74. The van der Waals surface area contributed by atoms with Gasteiger partial charge in [-0.05, 0) is 32.8 Å². The maximum absolute atomic E-state index is 13.7. The Hall–Kier alpha value is -2.19. The predicted octanol–water partition coefficient (Wildman–Crippen LogP) is 1.04. The largest absolute Gasteiger partial charge is 0.461 e. The van der Waals surface area contributed by atoms with Gasteiger partial charge in [-0.3, -0.25) is 14.4 Å². The molecule has 5 atom stereocenters. The summed E-state index contributed by atoms with van der Waals surface area (Å²) in [6.45, 7) is 5.09. The molecule has 0 aromatic heterocycles. The molecule has 0 aromatic carbocycles. The summed E-state index contributed by atoms with van der Waals surface area (Å²) in [5, 5.41) is 9.00. The smallest absolute Gasteiger partial charge is 0.313 e. The second-order valence-electron chi connectivity index (χ2n) is 9.06. The van der Waals surface area contributed by atoms with Crippen molar-refractivity contribution in [3.05, 3.63) is 24.3 Å². The number of aliphatic hydroxyl groups excluding tert-OH is 1. The minimum Gasteiger partial charge on any atom is -0.461 e. The van der Waals surface area contributed by atoms with Crippen LogP contribution in [0.25, 0.3) is 0 Å². The normalized spacial score (nSPS) is 34.5. The first kappa shape index (κ1) is 22.0. The zero-order chi connectivity index (χ0) is 22.2. The number of carbonyl (C=O) groups is 3. The van der Waals surface area contributed by atoms with Crippen molar-refractivity contribution in [2.75, 3.05) is 26.3 Å². The summed E-state index contributed by atoms with van der Waals surface area (Å²) in [5.74, 6) is -2.33. The monoisotopic (exact) mass is 432 g/mol. The Morgan fingerprint density at radius 2 is 1.90 bits per heavy atom. The van der Waals surface area contributed by atoms with Gasteiger partial charge < -0.3 is 24.4 Å². The molecule has 4 aliphatic rings. The van der Waals surface area contributed by atoms with Crippen LogP contribution in [-0.4, -0.2) is 82.8 Å². The van der Waals surface area contributed by atoms with Crippen LogP contribution < -0.4 is 0 Å². The summed E-state index contributed by atoms with van der Waals surface area (Å²) in [4.78, 5) is 43.6. The Kier molecular flexibility index (Phi) is 6.21. The number of fused-ring (bicyclic) bond motifs is 2. The topological polar surface area (TPSA) is 96.4 Å². The van der Waals surface area contributed by atoms with Crippen molar-refractivity contribution in [3.63, 3.8) is 0 Å². The van der Waals surface area contributed by atoms with Crippen molar-refractivity contribution in [2.45, 2.75) is 63.3 Å². The van der Waals surface area contributed by atoms with Gasteiger partial charge in [0.2, 0.25) is 11.8 Å². The Labute approximate surface area is 182 Å². The third-order valence-corrected chi connectivity index (χ3v) is 6.88. The van der Waals surface area contributed by atoms with Crippen LogP contribution in [0.2, 0.25) is 0 Å². The van der Waals surface area contributed by atoms with E-state index in [1.165, 1.54) is 0 Å². The van der Waals surface area contributed by atoms with E-state index in [2.05, 4.69) is 0 Å². The van der Waals surface area contributed by atoms with E-state index in [4.69, 9.17) is 14.6 Å². The molecule has 4 heterocycles. The fourth-order valence-corrected chi connectivity index (χ4v) is 5.44. The van der Waals surface area contributed by atoms with E-state index in [-0.39, 0.29) is 31.1 Å². The van der Waals surface area contributed by atoms with Crippen LogP contribution in [0.4, 0.5) is 0 Å². The number of nitrogens with zero attached hydrogens (tertiary/aromatic N) is 2. The fraction of sp³-hybridized carbons (Fsp3) is 0.696. The van der Waals surface area contributed by atoms with E-state index in [9.17, 15) is 14.4 Å². The molecule has 0 saturated carbocycles. The van der Waals surface area contributed by atoms with E-state index < -0.39 is 35.6 Å². The Morgan fingerprint density at radius 3 is 2.65 bits per heavy atom. The highest BCUT2D eigenvalue weighted by Gasteiger charge is 2.71. The average molecular weight is 433 g/mol. The molecule has 0 aromatic rings. The molecular formula is C23H32N2O6. The number of carbonyl (C=O) groups excluding carboxylic acids is 3. The zero-order valence-corrected chi connectivity index (χ0v) is 18.2. The number of aliphatic hydroxyl groups is 1. The number of likely N-dealkylation sites (tertiary alicyclic amines) is 1. The Balaban J connectivity index is 1.70. The Bertz CT molecular complexity index is 793. The minimum absolute atomic E-state index is 0.0235. The standard InChI is InChI=1S/C23H32N2O6/c1-15(2)24-12-8-10-23-18(17-16(31-23)9-7-14-30-22(17)29)20(27)25(19(23)21(24)28)11-5-3-4-6-13-26/h7-10,15-19,26H,3-6,11-14H2,1-2H3/t16-,17+,18+,19-,23?/m1/s1. The van der Waals surface area contributed by atoms with Crippen LogP contribution in [-0.2, 0) is 23.9 Å². The lowest BCUT2D eigenvalue weighted by Crippen LogP contribution is -2.56. The van der Waals surface area contributed by atoms with Crippen LogP contribution >= 0.6 is 0 Å². The molecule has 4 rings (SSSR count). The third-order valence-electron chi connectivity index (χ3n) is 6.88. The van der Waals surface area contributed by atoms with E-state index in [0.717, 1.165) is 25.7 Å². The lowest BCUT2D eigenvalue weighted by Gasteiger charge is -2.36. The highest BCUT2D eigenvalue weighted by atomic mass is 16.6. The molecule has 8 heteroatoms. The highest BCUT2D eigenvalue weighted by Crippen LogP contribution is 2.53. The second-order valence-corrected chi connectivity index (χ2v) is 9.06. The van der Waals surface area contributed by atoms with Gasteiger partial charge >= 0.3 is 5.97 Å². The van der Waals surface area contributed by atoms with Crippen molar-refractivity contribution >= 4 is 17.8 Å². The number of unbranched alkanes of at least 4 members (excludes halogenated alkanes) is 3. The first-order chi connectivity index (χ1) is 14.9. The van der Waals surface area contributed by atoms with Crippen molar-refractivity contribution in [2.24, 2.45) is 11.8 Å². The molecule has 0 radical (unpaired) electrons. The molecule has 1 N–H and O–H groups in total. The minimum atomic E-state index is -1.17. The van der Waals surface area contributed by atoms with Gasteiger partial charge in [-0.15, -0.1) is 0 Å². The van der Waals surface area contributed by atoms with Crippen LogP contribution in [0.3, 0.4) is 0 Å². The van der Waals surface area contributed by atoms with Gasteiger partial charge in [0.25, 0.3) is 0 Å². The molecule has 1 spiro atoms.